The lowest BCUT2D eigenvalue weighted by Gasteiger charge is -2.34. The van der Waals surface area contributed by atoms with E-state index in [1.165, 1.54) is 12.1 Å². The predicted molar refractivity (Wildman–Crippen MR) is 94.8 cm³/mol. The molecular formula is C16H24ClFN2O3S. The van der Waals surface area contributed by atoms with Gasteiger partial charge in [0.05, 0.1) is 0 Å². The number of carbonyl (C=O) groups is 1. The molecule has 1 aromatic rings. The summed E-state index contributed by atoms with van der Waals surface area (Å²) >= 11 is 0. The molecule has 5 nitrogen and oxygen atoms in total. The molecule has 1 heterocycles. The van der Waals surface area contributed by atoms with E-state index in [9.17, 15) is 17.6 Å². The highest BCUT2D eigenvalue weighted by molar-refractivity contribution is 7.92. The lowest BCUT2D eigenvalue weighted by Crippen LogP contribution is -2.57. The Labute approximate surface area is 148 Å². The van der Waals surface area contributed by atoms with Gasteiger partial charge in [0.25, 0.3) is 0 Å². The summed E-state index contributed by atoms with van der Waals surface area (Å²) in [6.45, 7) is 3.16. The first-order chi connectivity index (χ1) is 10.8. The van der Waals surface area contributed by atoms with Crippen LogP contribution in [0.3, 0.4) is 0 Å². The zero-order valence-corrected chi connectivity index (χ0v) is 15.5. The Kier molecular flexibility index (Phi) is 7.19. The standard InChI is InChI=1S/C16H23FN2O3S.ClH/c1-12-11-14(17)4-3-13(12)5-8-19-15(20)16(23(2,21)22)6-9-18-10-7-16;/h3-4,11,18H,5-10H2,1-2H3,(H,19,20);1H. The van der Waals surface area contributed by atoms with Crippen LogP contribution in [0, 0.1) is 12.7 Å². The first-order valence-electron chi connectivity index (χ1n) is 7.70. The van der Waals surface area contributed by atoms with E-state index in [0.717, 1.165) is 17.4 Å². The number of halogens is 2. The second-order valence-electron chi connectivity index (χ2n) is 6.09. The number of carbonyl (C=O) groups excluding carboxylic acids is 1. The molecule has 0 aliphatic carbocycles. The number of nitrogens with one attached hydrogen (secondary N) is 2. The summed E-state index contributed by atoms with van der Waals surface area (Å²) in [5.41, 5.74) is 1.75. The topological polar surface area (TPSA) is 75.3 Å². The number of aryl methyl sites for hydroxylation is 1. The fourth-order valence-corrected chi connectivity index (χ4v) is 4.36. The molecule has 1 aromatic carbocycles. The fourth-order valence-electron chi connectivity index (χ4n) is 3.01. The van der Waals surface area contributed by atoms with Gasteiger partial charge in [-0.25, -0.2) is 12.8 Å². The van der Waals surface area contributed by atoms with E-state index in [0.29, 0.717) is 26.1 Å². The molecule has 2 N–H and O–H groups in total. The maximum absolute atomic E-state index is 13.1. The highest BCUT2D eigenvalue weighted by Crippen LogP contribution is 2.28. The molecule has 1 aliphatic rings. The van der Waals surface area contributed by atoms with Crippen molar-refractivity contribution in [3.05, 3.63) is 35.1 Å². The van der Waals surface area contributed by atoms with Crippen LogP contribution in [0.15, 0.2) is 18.2 Å². The number of piperidine rings is 1. The Balaban J connectivity index is 0.00000288. The maximum atomic E-state index is 13.1. The van der Waals surface area contributed by atoms with E-state index >= 15 is 0 Å². The third-order valence-corrected chi connectivity index (χ3v) is 6.53. The second kappa shape index (κ2) is 8.27. The first kappa shape index (κ1) is 20.9. The largest absolute Gasteiger partial charge is 0.354 e. The van der Waals surface area contributed by atoms with Gasteiger partial charge in [0.15, 0.2) is 14.6 Å². The van der Waals surface area contributed by atoms with E-state index in [4.69, 9.17) is 0 Å². The first-order valence-corrected chi connectivity index (χ1v) is 9.59. The average molecular weight is 379 g/mol. The van der Waals surface area contributed by atoms with Gasteiger partial charge in [0.1, 0.15) is 5.82 Å². The Morgan fingerprint density at radius 1 is 1.33 bits per heavy atom. The molecule has 0 spiro atoms. The number of hydrogen-bond acceptors (Lipinski definition) is 4. The van der Waals surface area contributed by atoms with Gasteiger partial charge in [-0.05, 0) is 62.5 Å². The van der Waals surface area contributed by atoms with Crippen LogP contribution in [0.2, 0.25) is 0 Å². The van der Waals surface area contributed by atoms with E-state index in [1.807, 2.05) is 6.92 Å². The van der Waals surface area contributed by atoms with Crippen molar-refractivity contribution in [3.63, 3.8) is 0 Å². The normalized spacial score (nSPS) is 17.0. The molecule has 0 radical (unpaired) electrons. The van der Waals surface area contributed by atoms with Gasteiger partial charge in [-0.15, -0.1) is 12.4 Å². The van der Waals surface area contributed by atoms with Crippen molar-refractivity contribution in [2.75, 3.05) is 25.9 Å². The minimum Gasteiger partial charge on any atom is -0.354 e. The van der Waals surface area contributed by atoms with Gasteiger partial charge < -0.3 is 10.6 Å². The number of sulfone groups is 1. The highest BCUT2D eigenvalue weighted by atomic mass is 35.5. The average Bonchev–Trinajstić information content (AvgIpc) is 2.49. The Bertz CT molecular complexity index is 689. The molecule has 0 atom stereocenters. The van der Waals surface area contributed by atoms with Gasteiger partial charge in [-0.2, -0.15) is 0 Å². The molecular weight excluding hydrogens is 355 g/mol. The molecule has 136 valence electrons. The summed E-state index contributed by atoms with van der Waals surface area (Å²) in [5, 5.41) is 5.83. The molecule has 0 unspecified atom stereocenters. The summed E-state index contributed by atoms with van der Waals surface area (Å²) in [6.07, 6.45) is 2.23. The van der Waals surface area contributed by atoms with E-state index in [1.54, 1.807) is 6.07 Å². The lowest BCUT2D eigenvalue weighted by atomic mass is 9.95. The molecule has 24 heavy (non-hydrogen) atoms. The summed E-state index contributed by atoms with van der Waals surface area (Å²) in [6, 6.07) is 4.52. The molecule has 0 saturated carbocycles. The van der Waals surface area contributed by atoms with Crippen molar-refractivity contribution < 1.29 is 17.6 Å². The van der Waals surface area contributed by atoms with Crippen LogP contribution in [0.4, 0.5) is 4.39 Å². The molecule has 2 rings (SSSR count). The third kappa shape index (κ3) is 4.46. The molecule has 8 heteroatoms. The van der Waals surface area contributed by atoms with Crippen molar-refractivity contribution in [3.8, 4) is 0 Å². The summed E-state index contributed by atoms with van der Waals surface area (Å²) < 4.78 is 36.0. The second-order valence-corrected chi connectivity index (χ2v) is 8.42. The number of amides is 1. The van der Waals surface area contributed by atoms with Crippen molar-refractivity contribution in [1.29, 1.82) is 0 Å². The number of benzene rings is 1. The summed E-state index contributed by atoms with van der Waals surface area (Å²) in [4.78, 5) is 12.5. The highest BCUT2D eigenvalue weighted by Gasteiger charge is 2.48. The molecule has 1 saturated heterocycles. The van der Waals surface area contributed by atoms with Gasteiger partial charge in [-0.3, -0.25) is 4.79 Å². The van der Waals surface area contributed by atoms with Gasteiger partial charge in [0.2, 0.25) is 5.91 Å². The van der Waals surface area contributed by atoms with Crippen LogP contribution >= 0.6 is 12.4 Å². The zero-order valence-electron chi connectivity index (χ0n) is 13.9. The van der Waals surface area contributed by atoms with Gasteiger partial charge in [-0.1, -0.05) is 6.07 Å². The SMILES string of the molecule is Cc1cc(F)ccc1CCNC(=O)C1(S(C)(=O)=O)CCNCC1.Cl. The Morgan fingerprint density at radius 2 is 1.96 bits per heavy atom. The molecule has 0 aromatic heterocycles. The fraction of sp³-hybridized carbons (Fsp3) is 0.562. The van der Waals surface area contributed by atoms with Gasteiger partial charge >= 0.3 is 0 Å². The van der Waals surface area contributed by atoms with Gasteiger partial charge in [0, 0.05) is 12.8 Å². The smallest absolute Gasteiger partial charge is 0.241 e. The molecule has 1 fully saturated rings. The lowest BCUT2D eigenvalue weighted by molar-refractivity contribution is -0.124. The van der Waals surface area contributed by atoms with Crippen LogP contribution < -0.4 is 10.6 Å². The molecule has 1 aliphatic heterocycles. The monoisotopic (exact) mass is 378 g/mol. The zero-order chi connectivity index (χ0) is 17.1. The Morgan fingerprint density at radius 3 is 2.50 bits per heavy atom. The van der Waals surface area contributed by atoms with Crippen LogP contribution in [0.5, 0.6) is 0 Å². The Hall–Kier alpha value is -1.18. The van der Waals surface area contributed by atoms with Crippen molar-refractivity contribution in [2.45, 2.75) is 30.9 Å². The van der Waals surface area contributed by atoms with E-state index in [-0.39, 0.29) is 31.1 Å². The molecule has 1 amide bonds. The minimum absolute atomic E-state index is 0. The third-order valence-electron chi connectivity index (χ3n) is 4.52. The van der Waals surface area contributed by atoms with Crippen LogP contribution in [-0.4, -0.2) is 45.0 Å². The minimum atomic E-state index is -3.50. The van der Waals surface area contributed by atoms with Crippen molar-refractivity contribution in [2.24, 2.45) is 0 Å². The maximum Gasteiger partial charge on any atom is 0.241 e. The van der Waals surface area contributed by atoms with E-state index in [2.05, 4.69) is 10.6 Å². The van der Waals surface area contributed by atoms with Crippen molar-refractivity contribution >= 4 is 28.2 Å². The number of rotatable bonds is 5. The van der Waals surface area contributed by atoms with Crippen molar-refractivity contribution in [1.82, 2.24) is 10.6 Å². The van der Waals surface area contributed by atoms with Crippen LogP contribution in [0.25, 0.3) is 0 Å². The summed E-state index contributed by atoms with van der Waals surface area (Å²) in [7, 11) is -3.50. The predicted octanol–water partition coefficient (Wildman–Crippen LogP) is 1.38. The van der Waals surface area contributed by atoms with Crippen LogP contribution in [-0.2, 0) is 21.1 Å². The quantitative estimate of drug-likeness (QED) is 0.811. The van der Waals surface area contributed by atoms with E-state index < -0.39 is 20.5 Å². The van der Waals surface area contributed by atoms with Crippen LogP contribution in [0.1, 0.15) is 24.0 Å². The summed E-state index contributed by atoms with van der Waals surface area (Å²) in [5.74, 6) is -0.720. The molecule has 0 bridgehead atoms. The number of hydrogen-bond donors (Lipinski definition) is 2.